The maximum Gasteiger partial charge on any atom is 0.166 e. The van der Waals surface area contributed by atoms with Crippen LogP contribution < -0.4 is 14.2 Å². The zero-order valence-electron chi connectivity index (χ0n) is 14.7. The summed E-state index contributed by atoms with van der Waals surface area (Å²) in [7, 11) is 1.61. The summed E-state index contributed by atoms with van der Waals surface area (Å²) in [5, 5.41) is 0. The highest BCUT2D eigenvalue weighted by molar-refractivity contribution is 6.17. The lowest BCUT2D eigenvalue weighted by molar-refractivity contribution is 0.275. The van der Waals surface area contributed by atoms with Gasteiger partial charge in [-0.05, 0) is 17.2 Å². The number of halogens is 1. The van der Waals surface area contributed by atoms with Crippen molar-refractivity contribution in [3.8, 4) is 17.2 Å². The van der Waals surface area contributed by atoms with E-state index < -0.39 is 0 Å². The number of benzene rings is 3. The molecule has 0 heterocycles. The summed E-state index contributed by atoms with van der Waals surface area (Å²) in [5.41, 5.74) is 3.02. The van der Waals surface area contributed by atoms with Crippen LogP contribution in [0.15, 0.2) is 72.8 Å². The van der Waals surface area contributed by atoms with Crippen LogP contribution in [0.5, 0.6) is 17.2 Å². The van der Waals surface area contributed by atoms with Gasteiger partial charge < -0.3 is 14.2 Å². The molecule has 0 aliphatic carbocycles. The van der Waals surface area contributed by atoms with Crippen molar-refractivity contribution in [2.45, 2.75) is 19.1 Å². The lowest BCUT2D eigenvalue weighted by Gasteiger charge is -2.16. The molecule has 0 fully saturated rings. The van der Waals surface area contributed by atoms with E-state index in [4.69, 9.17) is 25.8 Å². The van der Waals surface area contributed by atoms with Crippen molar-refractivity contribution in [1.82, 2.24) is 0 Å². The second kappa shape index (κ2) is 9.16. The second-order valence-electron chi connectivity index (χ2n) is 5.80. The molecule has 134 valence electrons. The van der Waals surface area contributed by atoms with E-state index in [9.17, 15) is 0 Å². The minimum absolute atomic E-state index is 0.309. The lowest BCUT2D eigenvalue weighted by atomic mass is 10.2. The Hall–Kier alpha value is -2.65. The molecule has 0 radical (unpaired) electrons. The lowest BCUT2D eigenvalue weighted by Crippen LogP contribution is -2.02. The Labute approximate surface area is 159 Å². The van der Waals surface area contributed by atoms with Gasteiger partial charge in [0.15, 0.2) is 11.5 Å². The third-order valence-electron chi connectivity index (χ3n) is 3.94. The van der Waals surface area contributed by atoms with Gasteiger partial charge in [-0.2, -0.15) is 0 Å². The van der Waals surface area contributed by atoms with Gasteiger partial charge in [0, 0.05) is 11.6 Å². The molecular weight excluding hydrogens is 348 g/mol. The van der Waals surface area contributed by atoms with Crippen LogP contribution in [0.3, 0.4) is 0 Å². The van der Waals surface area contributed by atoms with Crippen LogP contribution in [0.25, 0.3) is 0 Å². The van der Waals surface area contributed by atoms with E-state index in [-0.39, 0.29) is 0 Å². The summed E-state index contributed by atoms with van der Waals surface area (Å²) in [6.45, 7) is 0.932. The number of methoxy groups -OCH3 is 1. The molecule has 0 aliphatic rings. The summed E-state index contributed by atoms with van der Waals surface area (Å²) >= 11 is 6.14. The second-order valence-corrected chi connectivity index (χ2v) is 6.06. The van der Waals surface area contributed by atoms with Crippen molar-refractivity contribution in [3.63, 3.8) is 0 Å². The fourth-order valence-corrected chi connectivity index (χ4v) is 2.80. The normalized spacial score (nSPS) is 10.4. The molecule has 0 aliphatic heterocycles. The van der Waals surface area contributed by atoms with E-state index >= 15 is 0 Å². The van der Waals surface area contributed by atoms with E-state index in [0.29, 0.717) is 36.3 Å². The smallest absolute Gasteiger partial charge is 0.166 e. The first-order valence-corrected chi connectivity index (χ1v) is 8.94. The molecule has 26 heavy (non-hydrogen) atoms. The molecule has 3 nitrogen and oxygen atoms in total. The van der Waals surface area contributed by atoms with Crippen LogP contribution in [0, 0.1) is 0 Å². The molecule has 0 spiro atoms. The summed E-state index contributed by atoms with van der Waals surface area (Å²) in [6.07, 6.45) is 0. The van der Waals surface area contributed by atoms with Crippen LogP contribution in [-0.2, 0) is 19.1 Å². The SMILES string of the molecule is COc1cc(OCc2ccccc2)cc(CCl)c1OCc1ccccc1. The zero-order valence-corrected chi connectivity index (χ0v) is 15.4. The van der Waals surface area contributed by atoms with Crippen LogP contribution >= 0.6 is 11.6 Å². The van der Waals surface area contributed by atoms with Gasteiger partial charge in [0.25, 0.3) is 0 Å². The van der Waals surface area contributed by atoms with Crippen molar-refractivity contribution in [1.29, 1.82) is 0 Å². The third kappa shape index (κ3) is 4.70. The predicted octanol–water partition coefficient (Wildman–Crippen LogP) is 5.59. The standard InChI is InChI=1S/C22H21ClO3/c1-24-21-13-20(25-15-17-8-4-2-5-9-17)12-19(14-23)22(21)26-16-18-10-6-3-7-11-18/h2-13H,14-16H2,1H3. The molecular formula is C22H21ClO3. The monoisotopic (exact) mass is 368 g/mol. The minimum atomic E-state index is 0.309. The predicted molar refractivity (Wildman–Crippen MR) is 104 cm³/mol. The molecule has 0 atom stereocenters. The maximum absolute atomic E-state index is 6.14. The Morgan fingerprint density at radius 2 is 1.35 bits per heavy atom. The molecule has 3 aromatic carbocycles. The summed E-state index contributed by atoms with van der Waals surface area (Å²) in [5.74, 6) is 2.28. The highest BCUT2D eigenvalue weighted by atomic mass is 35.5. The van der Waals surface area contributed by atoms with Crippen molar-refractivity contribution >= 4 is 11.6 Å². The van der Waals surface area contributed by atoms with E-state index in [1.807, 2.05) is 72.8 Å². The van der Waals surface area contributed by atoms with Crippen LogP contribution in [0.2, 0.25) is 0 Å². The van der Waals surface area contributed by atoms with Crippen LogP contribution in [0.1, 0.15) is 16.7 Å². The molecule has 0 aromatic heterocycles. The van der Waals surface area contributed by atoms with Gasteiger partial charge in [-0.3, -0.25) is 0 Å². The summed E-state index contributed by atoms with van der Waals surface area (Å²) < 4.78 is 17.4. The fraction of sp³-hybridized carbons (Fsp3) is 0.182. The van der Waals surface area contributed by atoms with Crippen molar-refractivity contribution in [3.05, 3.63) is 89.5 Å². The van der Waals surface area contributed by atoms with Gasteiger partial charge in [0.2, 0.25) is 0 Å². The van der Waals surface area contributed by atoms with Crippen LogP contribution in [0.4, 0.5) is 0 Å². The minimum Gasteiger partial charge on any atom is -0.493 e. The van der Waals surface area contributed by atoms with Crippen LogP contribution in [-0.4, -0.2) is 7.11 Å². The van der Waals surface area contributed by atoms with Gasteiger partial charge >= 0.3 is 0 Å². The fourth-order valence-electron chi connectivity index (χ4n) is 2.60. The molecule has 4 heteroatoms. The Morgan fingerprint density at radius 1 is 0.769 bits per heavy atom. The third-order valence-corrected chi connectivity index (χ3v) is 4.23. The number of hydrogen-bond acceptors (Lipinski definition) is 3. The zero-order chi connectivity index (χ0) is 18.2. The van der Waals surface area contributed by atoms with Crippen molar-refractivity contribution in [2.75, 3.05) is 7.11 Å². The Kier molecular flexibility index (Phi) is 6.39. The first-order valence-electron chi connectivity index (χ1n) is 8.40. The van der Waals surface area contributed by atoms with Gasteiger partial charge in [0.05, 0.1) is 13.0 Å². The quantitative estimate of drug-likeness (QED) is 0.485. The molecule has 0 amide bonds. The van der Waals surface area contributed by atoms with E-state index in [1.165, 1.54) is 0 Å². The number of ether oxygens (including phenoxy) is 3. The maximum atomic E-state index is 6.14. The van der Waals surface area contributed by atoms with Gasteiger partial charge in [-0.1, -0.05) is 60.7 Å². The van der Waals surface area contributed by atoms with E-state index in [2.05, 4.69) is 0 Å². The van der Waals surface area contributed by atoms with Crippen molar-refractivity contribution < 1.29 is 14.2 Å². The Balaban J connectivity index is 1.76. The Morgan fingerprint density at radius 3 is 1.88 bits per heavy atom. The van der Waals surface area contributed by atoms with E-state index in [1.54, 1.807) is 7.11 Å². The highest BCUT2D eigenvalue weighted by Crippen LogP contribution is 2.37. The molecule has 0 unspecified atom stereocenters. The average molecular weight is 369 g/mol. The topological polar surface area (TPSA) is 27.7 Å². The molecule has 0 saturated carbocycles. The number of rotatable bonds is 8. The first-order chi connectivity index (χ1) is 12.8. The summed E-state index contributed by atoms with van der Waals surface area (Å²) in [4.78, 5) is 0. The summed E-state index contributed by atoms with van der Waals surface area (Å²) in [6, 6.07) is 23.7. The first kappa shape index (κ1) is 18.2. The number of alkyl halides is 1. The molecule has 3 aromatic rings. The van der Waals surface area contributed by atoms with Gasteiger partial charge in [0.1, 0.15) is 19.0 Å². The van der Waals surface area contributed by atoms with E-state index in [0.717, 1.165) is 16.7 Å². The largest absolute Gasteiger partial charge is 0.493 e. The van der Waals surface area contributed by atoms with Gasteiger partial charge in [-0.25, -0.2) is 0 Å². The molecule has 0 bridgehead atoms. The average Bonchev–Trinajstić information content (AvgIpc) is 2.72. The van der Waals surface area contributed by atoms with Crippen molar-refractivity contribution in [2.24, 2.45) is 0 Å². The van der Waals surface area contributed by atoms with Gasteiger partial charge in [-0.15, -0.1) is 11.6 Å². The number of hydrogen-bond donors (Lipinski definition) is 0. The molecule has 0 saturated heterocycles. The molecule has 0 N–H and O–H groups in total. The molecule has 3 rings (SSSR count). The highest BCUT2D eigenvalue weighted by Gasteiger charge is 2.14. The Bertz CT molecular complexity index is 794.